The Morgan fingerprint density at radius 1 is 1.04 bits per heavy atom. The Bertz CT molecular complexity index is 899. The van der Waals surface area contributed by atoms with Gasteiger partial charge in [-0.2, -0.15) is 5.10 Å². The van der Waals surface area contributed by atoms with Gasteiger partial charge in [0.25, 0.3) is 0 Å². The molecule has 0 atom stereocenters. The average Bonchev–Trinajstić information content (AvgIpc) is 2.98. The van der Waals surface area contributed by atoms with E-state index in [4.69, 9.17) is 15.2 Å². The summed E-state index contributed by atoms with van der Waals surface area (Å²) in [5, 5.41) is 7.53. The van der Waals surface area contributed by atoms with Crippen molar-refractivity contribution in [3.05, 3.63) is 35.8 Å². The largest absolute Gasteiger partial charge is 0.494 e. The summed E-state index contributed by atoms with van der Waals surface area (Å²) in [5.41, 5.74) is 7.71. The molecule has 0 saturated carbocycles. The summed E-state index contributed by atoms with van der Waals surface area (Å²) in [6.45, 7) is 5.00. The number of nitrogen functional groups attached to an aromatic ring is 1. The van der Waals surface area contributed by atoms with Gasteiger partial charge in [0.1, 0.15) is 29.3 Å². The fourth-order valence-corrected chi connectivity index (χ4v) is 2.25. The van der Waals surface area contributed by atoms with Gasteiger partial charge in [-0.3, -0.25) is 5.10 Å². The molecule has 3 N–H and O–H groups in total. The first-order valence-corrected chi connectivity index (χ1v) is 7.58. The molecule has 0 saturated heterocycles. The van der Waals surface area contributed by atoms with Crippen LogP contribution in [0.5, 0.6) is 11.5 Å². The molecule has 0 aliphatic carbocycles. The van der Waals surface area contributed by atoms with E-state index in [2.05, 4.69) is 32.0 Å². The number of aromatic amines is 1. The van der Waals surface area contributed by atoms with Crippen LogP contribution in [-0.2, 0) is 0 Å². The number of ether oxygens (including phenoxy) is 2. The van der Waals surface area contributed by atoms with Crippen LogP contribution in [0.4, 0.5) is 5.82 Å². The highest BCUT2D eigenvalue weighted by atomic mass is 16.5. The van der Waals surface area contributed by atoms with Crippen molar-refractivity contribution in [2.45, 2.75) is 13.8 Å². The molecule has 0 spiro atoms. The lowest BCUT2D eigenvalue weighted by molar-refractivity contribution is 0.323. The van der Waals surface area contributed by atoms with Crippen molar-refractivity contribution in [3.63, 3.8) is 0 Å². The van der Waals surface area contributed by atoms with Crippen LogP contribution in [0.15, 0.2) is 24.5 Å². The van der Waals surface area contributed by atoms with Crippen LogP contribution >= 0.6 is 0 Å². The molecule has 0 unspecified atom stereocenters. The predicted octanol–water partition coefficient (Wildman–Crippen LogP) is 2.13. The van der Waals surface area contributed by atoms with E-state index in [1.807, 2.05) is 32.0 Å². The SMILES string of the molecule is CCOc1cc(C#Cc2[nH]nc3ncnc(N)c23)cc(OCC)c1. The van der Waals surface area contributed by atoms with Crippen LogP contribution in [0.3, 0.4) is 0 Å². The standard InChI is InChI=1S/C17H17N5O2/c1-3-23-12-7-11(8-13(9-12)24-4-2)5-6-14-15-16(18)19-10-20-17(15)22-21-14/h7-10H,3-4H2,1-2H3,(H3,18,19,20,21,22). The maximum absolute atomic E-state index is 5.88. The zero-order valence-electron chi connectivity index (χ0n) is 13.5. The molecule has 3 aromatic rings. The van der Waals surface area contributed by atoms with Gasteiger partial charge < -0.3 is 15.2 Å². The number of nitrogens with one attached hydrogen (secondary N) is 1. The van der Waals surface area contributed by atoms with Gasteiger partial charge in [-0.1, -0.05) is 5.92 Å². The first-order valence-electron chi connectivity index (χ1n) is 7.58. The van der Waals surface area contributed by atoms with E-state index in [1.165, 1.54) is 6.33 Å². The van der Waals surface area contributed by atoms with Crippen molar-refractivity contribution in [1.82, 2.24) is 20.2 Å². The van der Waals surface area contributed by atoms with Crippen LogP contribution in [0.1, 0.15) is 25.1 Å². The average molecular weight is 323 g/mol. The third-order valence-electron chi connectivity index (χ3n) is 3.21. The number of anilines is 1. The van der Waals surface area contributed by atoms with E-state index in [0.29, 0.717) is 47.3 Å². The van der Waals surface area contributed by atoms with Crippen molar-refractivity contribution in [1.29, 1.82) is 0 Å². The lowest BCUT2D eigenvalue weighted by Crippen LogP contribution is -1.96. The lowest BCUT2D eigenvalue weighted by Gasteiger charge is -2.08. The number of rotatable bonds is 4. The summed E-state index contributed by atoms with van der Waals surface area (Å²) >= 11 is 0. The lowest BCUT2D eigenvalue weighted by atomic mass is 10.2. The summed E-state index contributed by atoms with van der Waals surface area (Å²) in [6, 6.07) is 5.56. The van der Waals surface area contributed by atoms with E-state index in [1.54, 1.807) is 0 Å². The summed E-state index contributed by atoms with van der Waals surface area (Å²) in [7, 11) is 0. The molecule has 3 rings (SSSR count). The van der Waals surface area contributed by atoms with Gasteiger partial charge in [-0.05, 0) is 31.9 Å². The molecule has 7 heteroatoms. The van der Waals surface area contributed by atoms with Crippen LogP contribution < -0.4 is 15.2 Å². The number of fused-ring (bicyclic) bond motifs is 1. The minimum absolute atomic E-state index is 0.344. The first-order chi connectivity index (χ1) is 11.7. The van der Waals surface area contributed by atoms with Gasteiger partial charge in [-0.25, -0.2) is 9.97 Å². The van der Waals surface area contributed by atoms with E-state index in [0.717, 1.165) is 5.56 Å². The quantitative estimate of drug-likeness (QED) is 0.714. The molecule has 122 valence electrons. The fourth-order valence-electron chi connectivity index (χ4n) is 2.25. The van der Waals surface area contributed by atoms with Crippen LogP contribution in [0, 0.1) is 11.8 Å². The molecule has 24 heavy (non-hydrogen) atoms. The zero-order chi connectivity index (χ0) is 16.9. The summed E-state index contributed by atoms with van der Waals surface area (Å²) in [6.07, 6.45) is 1.37. The molecule has 2 heterocycles. The van der Waals surface area contributed by atoms with Crippen LogP contribution in [-0.4, -0.2) is 33.4 Å². The van der Waals surface area contributed by atoms with Crippen LogP contribution in [0.25, 0.3) is 11.0 Å². The molecule has 0 radical (unpaired) electrons. The molecule has 0 aliphatic heterocycles. The van der Waals surface area contributed by atoms with Gasteiger partial charge in [0.05, 0.1) is 18.6 Å². The van der Waals surface area contributed by atoms with Crippen molar-refractivity contribution in [2.75, 3.05) is 18.9 Å². The van der Waals surface area contributed by atoms with Gasteiger partial charge >= 0.3 is 0 Å². The number of benzene rings is 1. The summed E-state index contributed by atoms with van der Waals surface area (Å²) < 4.78 is 11.1. The second-order valence-electron chi connectivity index (χ2n) is 4.87. The van der Waals surface area contributed by atoms with E-state index in [-0.39, 0.29) is 0 Å². The number of nitrogens with zero attached hydrogens (tertiary/aromatic N) is 3. The molecule has 1 aromatic carbocycles. The number of aromatic nitrogens is 4. The zero-order valence-corrected chi connectivity index (χ0v) is 13.5. The third-order valence-corrected chi connectivity index (χ3v) is 3.21. The van der Waals surface area contributed by atoms with E-state index >= 15 is 0 Å². The highest BCUT2D eigenvalue weighted by Crippen LogP contribution is 2.23. The second kappa shape index (κ2) is 6.87. The Morgan fingerprint density at radius 3 is 2.42 bits per heavy atom. The Kier molecular flexibility index (Phi) is 4.47. The maximum Gasteiger partial charge on any atom is 0.187 e. The minimum atomic E-state index is 0.344. The topological polar surface area (TPSA) is 98.9 Å². The highest BCUT2D eigenvalue weighted by Gasteiger charge is 2.08. The van der Waals surface area contributed by atoms with Crippen molar-refractivity contribution in [2.24, 2.45) is 0 Å². The van der Waals surface area contributed by atoms with Gasteiger partial charge in [0, 0.05) is 11.6 Å². The normalized spacial score (nSPS) is 10.2. The molecular weight excluding hydrogens is 306 g/mol. The molecule has 0 fully saturated rings. The Balaban J connectivity index is 2.00. The number of hydrogen-bond donors (Lipinski definition) is 2. The van der Waals surface area contributed by atoms with Crippen molar-refractivity contribution in [3.8, 4) is 23.3 Å². The number of hydrogen-bond acceptors (Lipinski definition) is 6. The number of H-pyrrole nitrogens is 1. The number of nitrogens with two attached hydrogens (primary N) is 1. The van der Waals surface area contributed by atoms with Gasteiger partial charge in [0.2, 0.25) is 0 Å². The summed E-state index contributed by atoms with van der Waals surface area (Å²) in [5.74, 6) is 7.87. The smallest absolute Gasteiger partial charge is 0.187 e. The fraction of sp³-hybridized carbons (Fsp3) is 0.235. The van der Waals surface area contributed by atoms with Crippen molar-refractivity contribution >= 4 is 16.9 Å². The van der Waals surface area contributed by atoms with Crippen LogP contribution in [0.2, 0.25) is 0 Å². The predicted molar refractivity (Wildman–Crippen MR) is 90.9 cm³/mol. The maximum atomic E-state index is 5.88. The first kappa shape index (κ1) is 15.6. The van der Waals surface area contributed by atoms with Crippen molar-refractivity contribution < 1.29 is 9.47 Å². The van der Waals surface area contributed by atoms with Gasteiger partial charge in [-0.15, -0.1) is 0 Å². The molecule has 0 amide bonds. The molecular formula is C17H17N5O2. The minimum Gasteiger partial charge on any atom is -0.494 e. The van der Waals surface area contributed by atoms with E-state index in [9.17, 15) is 0 Å². The van der Waals surface area contributed by atoms with Gasteiger partial charge in [0.15, 0.2) is 5.65 Å². The van der Waals surface area contributed by atoms with E-state index < -0.39 is 0 Å². The molecule has 2 aromatic heterocycles. The third kappa shape index (κ3) is 3.22. The summed E-state index contributed by atoms with van der Waals surface area (Å²) in [4.78, 5) is 8.02. The molecule has 0 aliphatic rings. The highest BCUT2D eigenvalue weighted by molar-refractivity contribution is 5.89. The molecule has 7 nitrogen and oxygen atoms in total. The monoisotopic (exact) mass is 323 g/mol. The molecule has 0 bridgehead atoms. The Labute approximate surface area is 139 Å². The Morgan fingerprint density at radius 2 is 1.75 bits per heavy atom. The second-order valence-corrected chi connectivity index (χ2v) is 4.87. The Hall–Kier alpha value is -3.27.